The predicted octanol–water partition coefficient (Wildman–Crippen LogP) is 5.15. The molecule has 0 atom stereocenters. The first-order valence-corrected chi connectivity index (χ1v) is 16.2. The second kappa shape index (κ2) is 17.9. The van der Waals surface area contributed by atoms with Crippen LogP contribution in [0, 0.1) is 0 Å². The fourth-order valence-corrected chi connectivity index (χ4v) is 5.77. The van der Waals surface area contributed by atoms with Gasteiger partial charge in [-0.05, 0) is 30.2 Å². The van der Waals surface area contributed by atoms with Gasteiger partial charge in [0.1, 0.15) is 0 Å². The number of hydrogen-bond acceptors (Lipinski definition) is 6. The number of piperazine rings is 1. The predicted molar refractivity (Wildman–Crippen MR) is 171 cm³/mol. The third-order valence-electron chi connectivity index (χ3n) is 8.31. The van der Waals surface area contributed by atoms with Crippen molar-refractivity contribution in [3.05, 3.63) is 59.7 Å². The van der Waals surface area contributed by atoms with Crippen LogP contribution in [0.1, 0.15) is 74.2 Å². The molecular formula is C34H51N5O3. The van der Waals surface area contributed by atoms with E-state index in [9.17, 15) is 9.59 Å². The van der Waals surface area contributed by atoms with E-state index >= 15 is 0 Å². The quantitative estimate of drug-likeness (QED) is 0.269. The molecule has 0 bridgehead atoms. The zero-order chi connectivity index (χ0) is 29.4. The number of amides is 2. The maximum Gasteiger partial charge on any atom is 0.253 e. The van der Waals surface area contributed by atoms with Crippen molar-refractivity contribution in [1.29, 1.82) is 0 Å². The summed E-state index contributed by atoms with van der Waals surface area (Å²) >= 11 is 0. The molecule has 0 spiro atoms. The van der Waals surface area contributed by atoms with Gasteiger partial charge < -0.3 is 20.3 Å². The standard InChI is InChI=1S/C34H51N5O3/c1-2-3-4-5-6-7-11-14-33(40)36-30-15-16-32(31(27-30)34(41)35-17-18-37-23-25-42-26-24-37)39-21-19-38(20-22-39)28-29-12-9-8-10-13-29/h8-10,12-13,15-16,27H,2-7,11,14,17-26,28H2,1H3,(H,35,41)(H,36,40). The minimum absolute atomic E-state index is 0.0181. The van der Waals surface area contributed by atoms with E-state index in [0.717, 1.165) is 84.1 Å². The molecule has 0 saturated carbocycles. The van der Waals surface area contributed by atoms with Gasteiger partial charge in [-0.2, -0.15) is 0 Å². The van der Waals surface area contributed by atoms with E-state index in [4.69, 9.17) is 4.74 Å². The van der Waals surface area contributed by atoms with Crippen molar-refractivity contribution in [2.45, 2.75) is 64.8 Å². The average molecular weight is 578 g/mol. The lowest BCUT2D eigenvalue weighted by molar-refractivity contribution is -0.116. The van der Waals surface area contributed by atoms with Crippen LogP contribution in [0.15, 0.2) is 48.5 Å². The number of ether oxygens (including phenoxy) is 1. The topological polar surface area (TPSA) is 77.2 Å². The minimum atomic E-state index is -0.0897. The number of nitrogens with zero attached hydrogens (tertiary/aromatic N) is 3. The van der Waals surface area contributed by atoms with E-state index in [1.807, 2.05) is 18.2 Å². The number of anilines is 2. The lowest BCUT2D eigenvalue weighted by atomic mass is 10.1. The molecule has 2 aromatic rings. The van der Waals surface area contributed by atoms with E-state index in [0.29, 0.717) is 24.2 Å². The molecule has 2 amide bonds. The summed E-state index contributed by atoms with van der Waals surface area (Å²) in [5, 5.41) is 6.19. The van der Waals surface area contributed by atoms with Crippen molar-refractivity contribution in [3.63, 3.8) is 0 Å². The van der Waals surface area contributed by atoms with Crippen molar-refractivity contribution >= 4 is 23.2 Å². The van der Waals surface area contributed by atoms with Crippen LogP contribution in [0.5, 0.6) is 0 Å². The van der Waals surface area contributed by atoms with Gasteiger partial charge in [-0.3, -0.25) is 19.4 Å². The highest BCUT2D eigenvalue weighted by atomic mass is 16.5. The molecule has 2 saturated heterocycles. The number of nitrogens with one attached hydrogen (secondary N) is 2. The summed E-state index contributed by atoms with van der Waals surface area (Å²) in [5.74, 6) is -0.0716. The van der Waals surface area contributed by atoms with Gasteiger partial charge in [-0.25, -0.2) is 0 Å². The Morgan fingerprint density at radius 2 is 1.52 bits per heavy atom. The van der Waals surface area contributed by atoms with E-state index in [-0.39, 0.29) is 11.8 Å². The summed E-state index contributed by atoms with van der Waals surface area (Å²) in [6.07, 6.45) is 8.77. The van der Waals surface area contributed by atoms with Gasteiger partial charge in [-0.1, -0.05) is 75.8 Å². The summed E-state index contributed by atoms with van der Waals surface area (Å²) < 4.78 is 5.44. The summed E-state index contributed by atoms with van der Waals surface area (Å²) in [5.41, 5.74) is 3.57. The van der Waals surface area contributed by atoms with Crippen molar-refractivity contribution in [2.75, 3.05) is 75.8 Å². The summed E-state index contributed by atoms with van der Waals surface area (Å²) in [4.78, 5) is 33.3. The number of unbranched alkanes of at least 4 members (excludes halogenated alkanes) is 6. The Labute approximate surface area is 252 Å². The van der Waals surface area contributed by atoms with Crippen LogP contribution < -0.4 is 15.5 Å². The molecule has 2 aromatic carbocycles. The maximum atomic E-state index is 13.5. The van der Waals surface area contributed by atoms with Gasteiger partial charge in [0.05, 0.1) is 18.8 Å². The first-order chi connectivity index (χ1) is 20.6. The normalized spacial score (nSPS) is 16.4. The molecule has 0 unspecified atom stereocenters. The summed E-state index contributed by atoms with van der Waals surface area (Å²) in [7, 11) is 0. The molecule has 4 rings (SSSR count). The largest absolute Gasteiger partial charge is 0.379 e. The van der Waals surface area contributed by atoms with Gasteiger partial charge in [-0.15, -0.1) is 0 Å². The zero-order valence-electron chi connectivity index (χ0n) is 25.6. The number of morpholine rings is 1. The SMILES string of the molecule is CCCCCCCCCC(=O)Nc1ccc(N2CCN(Cc3ccccc3)CC2)c(C(=O)NCCN2CCOCC2)c1. The molecule has 2 N–H and O–H groups in total. The first kappa shape index (κ1) is 32.0. The van der Waals surface area contributed by atoms with E-state index in [2.05, 4.69) is 62.6 Å². The molecule has 0 aromatic heterocycles. The monoisotopic (exact) mass is 577 g/mol. The molecule has 2 aliphatic rings. The highest BCUT2D eigenvalue weighted by Gasteiger charge is 2.23. The number of benzene rings is 2. The Kier molecular flexibility index (Phi) is 13.6. The van der Waals surface area contributed by atoms with Crippen LogP contribution >= 0.6 is 0 Å². The van der Waals surface area contributed by atoms with Gasteiger partial charge in [0.15, 0.2) is 0 Å². The van der Waals surface area contributed by atoms with Gasteiger partial charge in [0.2, 0.25) is 5.91 Å². The van der Waals surface area contributed by atoms with Gasteiger partial charge in [0.25, 0.3) is 5.91 Å². The molecule has 2 fully saturated rings. The molecule has 42 heavy (non-hydrogen) atoms. The molecule has 8 heteroatoms. The third kappa shape index (κ3) is 10.7. The molecule has 0 radical (unpaired) electrons. The number of rotatable bonds is 16. The van der Waals surface area contributed by atoms with E-state index in [1.54, 1.807) is 0 Å². The van der Waals surface area contributed by atoms with Crippen LogP contribution in [0.3, 0.4) is 0 Å². The van der Waals surface area contributed by atoms with Crippen LogP contribution in [-0.4, -0.2) is 87.2 Å². The lowest BCUT2D eigenvalue weighted by Gasteiger charge is -2.37. The fourth-order valence-electron chi connectivity index (χ4n) is 5.77. The molecule has 0 aliphatic carbocycles. The second-order valence-electron chi connectivity index (χ2n) is 11.6. The van der Waals surface area contributed by atoms with Gasteiger partial charge in [0, 0.05) is 76.7 Å². The summed E-state index contributed by atoms with van der Waals surface area (Å²) in [6.45, 7) is 11.4. The van der Waals surface area contributed by atoms with Crippen LogP contribution in [-0.2, 0) is 16.1 Å². The van der Waals surface area contributed by atoms with Crippen LogP contribution in [0.2, 0.25) is 0 Å². The second-order valence-corrected chi connectivity index (χ2v) is 11.6. The Bertz CT molecular complexity index is 1080. The molecule has 8 nitrogen and oxygen atoms in total. The van der Waals surface area contributed by atoms with Gasteiger partial charge >= 0.3 is 0 Å². The third-order valence-corrected chi connectivity index (χ3v) is 8.31. The number of carbonyl (C=O) groups is 2. The zero-order valence-corrected chi connectivity index (χ0v) is 25.6. The molecule has 230 valence electrons. The highest BCUT2D eigenvalue weighted by molar-refractivity contribution is 6.02. The fraction of sp³-hybridized carbons (Fsp3) is 0.588. The highest BCUT2D eigenvalue weighted by Crippen LogP contribution is 2.26. The Morgan fingerprint density at radius 3 is 2.26 bits per heavy atom. The smallest absolute Gasteiger partial charge is 0.253 e. The Hall–Kier alpha value is -2.94. The Morgan fingerprint density at radius 1 is 0.810 bits per heavy atom. The number of hydrogen-bond donors (Lipinski definition) is 2. The van der Waals surface area contributed by atoms with E-state index in [1.165, 1.54) is 37.7 Å². The lowest BCUT2D eigenvalue weighted by Crippen LogP contribution is -2.46. The number of carbonyl (C=O) groups excluding carboxylic acids is 2. The molecule has 2 heterocycles. The summed E-state index contributed by atoms with van der Waals surface area (Å²) in [6, 6.07) is 16.4. The average Bonchev–Trinajstić information content (AvgIpc) is 3.02. The molecular weight excluding hydrogens is 526 g/mol. The van der Waals surface area contributed by atoms with Crippen LogP contribution in [0.4, 0.5) is 11.4 Å². The van der Waals surface area contributed by atoms with Crippen molar-refractivity contribution in [2.24, 2.45) is 0 Å². The van der Waals surface area contributed by atoms with Crippen molar-refractivity contribution < 1.29 is 14.3 Å². The van der Waals surface area contributed by atoms with Crippen LogP contribution in [0.25, 0.3) is 0 Å². The molecule has 2 aliphatic heterocycles. The first-order valence-electron chi connectivity index (χ1n) is 16.2. The minimum Gasteiger partial charge on any atom is -0.379 e. The maximum absolute atomic E-state index is 13.5. The Balaban J connectivity index is 1.34. The van der Waals surface area contributed by atoms with Crippen molar-refractivity contribution in [1.82, 2.24) is 15.1 Å². The van der Waals surface area contributed by atoms with E-state index < -0.39 is 0 Å². The van der Waals surface area contributed by atoms with Crippen molar-refractivity contribution in [3.8, 4) is 0 Å².